The van der Waals surface area contributed by atoms with Crippen LogP contribution in [0.2, 0.25) is 0 Å². The summed E-state index contributed by atoms with van der Waals surface area (Å²) in [7, 11) is -4.05. The van der Waals surface area contributed by atoms with Crippen molar-refractivity contribution in [2.75, 3.05) is 6.54 Å². The third-order valence-corrected chi connectivity index (χ3v) is 4.54. The second-order valence-electron chi connectivity index (χ2n) is 5.11. The van der Waals surface area contributed by atoms with Gasteiger partial charge in [0.2, 0.25) is 15.9 Å². The predicted molar refractivity (Wildman–Crippen MR) is 86.6 cm³/mol. The standard InChI is InChI=1S/C16H15F3N2O4S/c17-16(18,19)25-13-6-8-14(9-7-13)26(23,24)21-11-15(22)20-10-12-4-2-1-3-5-12/h1-9,21H,10-11H2,(H,20,22). The van der Waals surface area contributed by atoms with Crippen LogP contribution in [0.4, 0.5) is 13.2 Å². The highest BCUT2D eigenvalue weighted by Crippen LogP contribution is 2.23. The van der Waals surface area contributed by atoms with E-state index in [2.05, 4.69) is 14.8 Å². The van der Waals surface area contributed by atoms with Crippen LogP contribution < -0.4 is 14.8 Å². The molecule has 2 N–H and O–H groups in total. The summed E-state index contributed by atoms with van der Waals surface area (Å²) in [5.74, 6) is -1.09. The zero-order chi connectivity index (χ0) is 19.2. The first-order valence-electron chi connectivity index (χ1n) is 7.32. The van der Waals surface area contributed by atoms with Gasteiger partial charge in [0.15, 0.2) is 0 Å². The minimum absolute atomic E-state index is 0.241. The zero-order valence-electron chi connectivity index (χ0n) is 13.3. The topological polar surface area (TPSA) is 84.5 Å². The van der Waals surface area contributed by atoms with Crippen molar-refractivity contribution in [3.63, 3.8) is 0 Å². The van der Waals surface area contributed by atoms with Crippen molar-refractivity contribution in [1.82, 2.24) is 10.0 Å². The molecule has 6 nitrogen and oxygen atoms in total. The van der Waals surface area contributed by atoms with Crippen molar-refractivity contribution in [1.29, 1.82) is 0 Å². The molecule has 0 aromatic heterocycles. The van der Waals surface area contributed by atoms with Gasteiger partial charge >= 0.3 is 6.36 Å². The number of carbonyl (C=O) groups is 1. The lowest BCUT2D eigenvalue weighted by Crippen LogP contribution is -2.36. The molecule has 0 saturated carbocycles. The van der Waals surface area contributed by atoms with Gasteiger partial charge in [0.1, 0.15) is 5.75 Å². The van der Waals surface area contributed by atoms with Crippen LogP contribution in [-0.4, -0.2) is 27.2 Å². The van der Waals surface area contributed by atoms with Gasteiger partial charge in [0.25, 0.3) is 0 Å². The molecule has 0 aliphatic heterocycles. The van der Waals surface area contributed by atoms with E-state index in [4.69, 9.17) is 0 Å². The third kappa shape index (κ3) is 6.37. The van der Waals surface area contributed by atoms with Gasteiger partial charge in [-0.3, -0.25) is 4.79 Å². The van der Waals surface area contributed by atoms with E-state index in [1.54, 1.807) is 24.3 Å². The molecule has 2 rings (SSSR count). The third-order valence-electron chi connectivity index (χ3n) is 3.12. The fraction of sp³-hybridized carbons (Fsp3) is 0.188. The number of hydrogen-bond donors (Lipinski definition) is 2. The molecule has 0 unspecified atom stereocenters. The highest BCUT2D eigenvalue weighted by molar-refractivity contribution is 7.89. The first-order valence-corrected chi connectivity index (χ1v) is 8.80. The van der Waals surface area contributed by atoms with Crippen LogP contribution >= 0.6 is 0 Å². The Hall–Kier alpha value is -2.59. The maximum Gasteiger partial charge on any atom is 0.573 e. The summed E-state index contributed by atoms with van der Waals surface area (Å²) in [6, 6.07) is 12.7. The van der Waals surface area contributed by atoms with Gasteiger partial charge in [-0.1, -0.05) is 30.3 Å². The number of alkyl halides is 3. The molecule has 0 radical (unpaired) electrons. The molecule has 0 bridgehead atoms. The molecular formula is C16H15F3N2O4S. The predicted octanol–water partition coefficient (Wildman–Crippen LogP) is 2.18. The average Bonchev–Trinajstić information content (AvgIpc) is 2.58. The minimum atomic E-state index is -4.87. The van der Waals surface area contributed by atoms with Crippen LogP contribution in [0.15, 0.2) is 59.5 Å². The molecule has 0 saturated heterocycles. The SMILES string of the molecule is O=C(CNS(=O)(=O)c1ccc(OC(F)(F)F)cc1)NCc1ccccc1. The van der Waals surface area contributed by atoms with Crippen molar-refractivity contribution in [3.05, 3.63) is 60.2 Å². The maximum atomic E-state index is 12.1. The fourth-order valence-corrected chi connectivity index (χ4v) is 2.91. The zero-order valence-corrected chi connectivity index (χ0v) is 14.1. The van der Waals surface area contributed by atoms with E-state index in [0.29, 0.717) is 0 Å². The average molecular weight is 388 g/mol. The van der Waals surface area contributed by atoms with E-state index in [0.717, 1.165) is 29.8 Å². The Balaban J connectivity index is 1.88. The quantitative estimate of drug-likeness (QED) is 0.762. The Labute approximate surface area is 148 Å². The van der Waals surface area contributed by atoms with E-state index >= 15 is 0 Å². The molecule has 0 aliphatic rings. The monoisotopic (exact) mass is 388 g/mol. The van der Waals surface area contributed by atoms with E-state index in [1.807, 2.05) is 6.07 Å². The Morgan fingerprint density at radius 1 is 1.00 bits per heavy atom. The molecule has 2 aromatic rings. The number of hydrogen-bond acceptors (Lipinski definition) is 4. The maximum absolute atomic E-state index is 12.1. The second-order valence-corrected chi connectivity index (χ2v) is 6.87. The van der Waals surface area contributed by atoms with Gasteiger partial charge in [-0.15, -0.1) is 13.2 Å². The summed E-state index contributed by atoms with van der Waals surface area (Å²) in [5, 5.41) is 2.55. The molecule has 0 heterocycles. The highest BCUT2D eigenvalue weighted by atomic mass is 32.2. The molecule has 0 aliphatic carbocycles. The molecule has 1 amide bonds. The number of nitrogens with one attached hydrogen (secondary N) is 2. The van der Waals surface area contributed by atoms with E-state index < -0.39 is 34.6 Å². The Kier molecular flexibility index (Phi) is 6.22. The van der Waals surface area contributed by atoms with Gasteiger partial charge in [-0.05, 0) is 29.8 Å². The molecule has 0 fully saturated rings. The van der Waals surface area contributed by atoms with Crippen LogP contribution in [0.3, 0.4) is 0 Å². The van der Waals surface area contributed by atoms with Crippen LogP contribution in [0, 0.1) is 0 Å². The highest BCUT2D eigenvalue weighted by Gasteiger charge is 2.31. The lowest BCUT2D eigenvalue weighted by Gasteiger charge is -2.10. The van der Waals surface area contributed by atoms with Crippen molar-refractivity contribution >= 4 is 15.9 Å². The second kappa shape index (κ2) is 8.19. The van der Waals surface area contributed by atoms with Crippen LogP contribution in [0.25, 0.3) is 0 Å². The molecular weight excluding hydrogens is 373 g/mol. The molecule has 26 heavy (non-hydrogen) atoms. The molecule has 140 valence electrons. The first-order chi connectivity index (χ1) is 12.2. The number of benzene rings is 2. The van der Waals surface area contributed by atoms with Gasteiger partial charge in [0.05, 0.1) is 11.4 Å². The Morgan fingerprint density at radius 2 is 1.62 bits per heavy atom. The van der Waals surface area contributed by atoms with Crippen LogP contribution in [-0.2, 0) is 21.4 Å². The van der Waals surface area contributed by atoms with E-state index in [9.17, 15) is 26.4 Å². The largest absolute Gasteiger partial charge is 0.573 e. The molecule has 10 heteroatoms. The number of amides is 1. The summed E-state index contributed by atoms with van der Waals surface area (Å²) < 4.78 is 66.1. The lowest BCUT2D eigenvalue weighted by molar-refractivity contribution is -0.274. The van der Waals surface area contributed by atoms with Crippen molar-refractivity contribution in [2.24, 2.45) is 0 Å². The smallest absolute Gasteiger partial charge is 0.406 e. The van der Waals surface area contributed by atoms with E-state index in [1.165, 1.54) is 0 Å². The molecule has 0 spiro atoms. The van der Waals surface area contributed by atoms with Crippen LogP contribution in [0.5, 0.6) is 5.75 Å². The Bertz CT molecular complexity index is 838. The number of rotatable bonds is 7. The number of halogens is 3. The summed E-state index contributed by atoms with van der Waals surface area (Å²) in [6.45, 7) is -0.263. The summed E-state index contributed by atoms with van der Waals surface area (Å²) in [4.78, 5) is 11.4. The number of carbonyl (C=O) groups excluding carboxylic acids is 1. The number of sulfonamides is 1. The summed E-state index contributed by atoms with van der Waals surface area (Å²) in [6.07, 6.45) is -4.87. The van der Waals surface area contributed by atoms with Crippen molar-refractivity contribution in [2.45, 2.75) is 17.8 Å². The molecule has 2 aromatic carbocycles. The number of ether oxygens (including phenoxy) is 1. The summed E-state index contributed by atoms with van der Waals surface area (Å²) >= 11 is 0. The van der Waals surface area contributed by atoms with Gasteiger partial charge in [-0.25, -0.2) is 13.1 Å². The minimum Gasteiger partial charge on any atom is -0.406 e. The Morgan fingerprint density at radius 3 is 2.19 bits per heavy atom. The van der Waals surface area contributed by atoms with Crippen LogP contribution in [0.1, 0.15) is 5.56 Å². The first kappa shape index (κ1) is 19.7. The fourth-order valence-electron chi connectivity index (χ4n) is 1.92. The summed E-state index contributed by atoms with van der Waals surface area (Å²) in [5.41, 5.74) is 0.851. The van der Waals surface area contributed by atoms with E-state index in [-0.39, 0.29) is 11.4 Å². The van der Waals surface area contributed by atoms with Gasteiger partial charge in [0, 0.05) is 6.54 Å². The molecule has 0 atom stereocenters. The normalized spacial score (nSPS) is 11.8. The van der Waals surface area contributed by atoms with Crippen molar-refractivity contribution in [3.8, 4) is 5.75 Å². The van der Waals surface area contributed by atoms with Gasteiger partial charge < -0.3 is 10.1 Å². The lowest BCUT2D eigenvalue weighted by atomic mass is 10.2. The van der Waals surface area contributed by atoms with Crippen molar-refractivity contribution < 1.29 is 31.1 Å². The van der Waals surface area contributed by atoms with Gasteiger partial charge in [-0.2, -0.15) is 0 Å².